The van der Waals surface area contributed by atoms with Crippen LogP contribution in [0.25, 0.3) is 0 Å². The second kappa shape index (κ2) is 6.24. The number of amides is 2. The Hall–Kier alpha value is -1.82. The van der Waals surface area contributed by atoms with Crippen molar-refractivity contribution in [3.8, 4) is 0 Å². The molecule has 0 radical (unpaired) electrons. The molecule has 0 aliphatic carbocycles. The average molecular weight is 332 g/mol. The fourth-order valence-electron chi connectivity index (χ4n) is 4.44. The second-order valence-corrected chi connectivity index (χ2v) is 7.21. The van der Waals surface area contributed by atoms with E-state index in [-0.39, 0.29) is 17.2 Å². The zero-order valence-electron chi connectivity index (χ0n) is 13.9. The van der Waals surface area contributed by atoms with Crippen LogP contribution in [0.4, 0.5) is 0 Å². The van der Waals surface area contributed by atoms with Gasteiger partial charge in [-0.3, -0.25) is 9.59 Å². The van der Waals surface area contributed by atoms with Crippen molar-refractivity contribution < 1.29 is 18.7 Å². The number of nitrogens with zero attached hydrogens (tertiary/aromatic N) is 2. The van der Waals surface area contributed by atoms with E-state index in [9.17, 15) is 9.59 Å². The SMILES string of the molecule is O=C(c1ccoc1)N1CC[C@]2(CCCN(C3CCOCC3)C2=O)C1. The molecule has 4 rings (SSSR count). The Kier molecular flexibility index (Phi) is 4.08. The standard InChI is InChI=1S/C18H24N2O4/c21-16(14-2-9-24-12-14)19-8-6-18(13-19)5-1-7-20(17(18)22)15-3-10-23-11-4-15/h2,9,12,15H,1,3-8,10-11,13H2/t18-/m1/s1. The number of rotatable bonds is 2. The highest BCUT2D eigenvalue weighted by atomic mass is 16.5. The molecule has 24 heavy (non-hydrogen) atoms. The Balaban J connectivity index is 1.48. The van der Waals surface area contributed by atoms with Crippen LogP contribution in [-0.4, -0.2) is 60.5 Å². The molecule has 1 atom stereocenters. The smallest absolute Gasteiger partial charge is 0.257 e. The molecule has 6 heteroatoms. The molecule has 0 N–H and O–H groups in total. The molecule has 1 spiro atoms. The Bertz CT molecular complexity index is 609. The van der Waals surface area contributed by atoms with Gasteiger partial charge in [0.25, 0.3) is 5.91 Å². The van der Waals surface area contributed by atoms with E-state index < -0.39 is 0 Å². The Morgan fingerprint density at radius 1 is 1.21 bits per heavy atom. The van der Waals surface area contributed by atoms with Crippen LogP contribution in [0.2, 0.25) is 0 Å². The molecule has 0 unspecified atom stereocenters. The molecule has 3 fully saturated rings. The maximum absolute atomic E-state index is 13.2. The molecular formula is C18H24N2O4. The first-order chi connectivity index (χ1) is 11.7. The highest BCUT2D eigenvalue weighted by molar-refractivity contribution is 5.95. The summed E-state index contributed by atoms with van der Waals surface area (Å²) in [6.45, 7) is 3.52. The number of carbonyl (C=O) groups excluding carboxylic acids is 2. The van der Waals surface area contributed by atoms with E-state index in [1.807, 2.05) is 4.90 Å². The van der Waals surface area contributed by atoms with Crippen LogP contribution in [0.1, 0.15) is 42.5 Å². The Morgan fingerprint density at radius 2 is 2.04 bits per heavy atom. The van der Waals surface area contributed by atoms with Gasteiger partial charge in [0, 0.05) is 38.9 Å². The summed E-state index contributed by atoms with van der Waals surface area (Å²) >= 11 is 0. The fraction of sp³-hybridized carbons (Fsp3) is 0.667. The van der Waals surface area contributed by atoms with Crippen molar-refractivity contribution in [1.29, 1.82) is 0 Å². The molecule has 3 aliphatic rings. The zero-order chi connectivity index (χ0) is 16.6. The van der Waals surface area contributed by atoms with Crippen LogP contribution in [0.3, 0.4) is 0 Å². The minimum atomic E-state index is -0.379. The maximum atomic E-state index is 13.2. The van der Waals surface area contributed by atoms with Crippen LogP contribution in [0.15, 0.2) is 23.0 Å². The Labute approximate surface area is 141 Å². The van der Waals surface area contributed by atoms with Crippen molar-refractivity contribution in [2.75, 3.05) is 32.8 Å². The third-order valence-electron chi connectivity index (χ3n) is 5.81. The predicted octanol–water partition coefficient (Wildman–Crippen LogP) is 1.91. The molecule has 4 heterocycles. The van der Waals surface area contributed by atoms with E-state index in [0.29, 0.717) is 24.7 Å². The third-order valence-corrected chi connectivity index (χ3v) is 5.81. The molecule has 3 saturated heterocycles. The quantitative estimate of drug-likeness (QED) is 0.830. The third kappa shape index (κ3) is 2.62. The fourth-order valence-corrected chi connectivity index (χ4v) is 4.44. The van der Waals surface area contributed by atoms with Crippen LogP contribution >= 0.6 is 0 Å². The molecule has 6 nitrogen and oxygen atoms in total. The van der Waals surface area contributed by atoms with Gasteiger partial charge >= 0.3 is 0 Å². The van der Waals surface area contributed by atoms with Crippen molar-refractivity contribution in [3.63, 3.8) is 0 Å². The molecule has 0 saturated carbocycles. The maximum Gasteiger partial charge on any atom is 0.257 e. The van der Waals surface area contributed by atoms with Crippen LogP contribution in [-0.2, 0) is 9.53 Å². The monoisotopic (exact) mass is 332 g/mol. The van der Waals surface area contributed by atoms with E-state index >= 15 is 0 Å². The van der Waals surface area contributed by atoms with Gasteiger partial charge in [0.05, 0.1) is 17.2 Å². The van der Waals surface area contributed by atoms with Crippen molar-refractivity contribution in [2.45, 2.75) is 38.1 Å². The molecule has 2 amide bonds. The van der Waals surface area contributed by atoms with E-state index in [2.05, 4.69) is 4.90 Å². The first-order valence-corrected chi connectivity index (χ1v) is 8.90. The zero-order valence-corrected chi connectivity index (χ0v) is 13.9. The normalized spacial score (nSPS) is 28.8. The molecule has 1 aromatic heterocycles. The van der Waals surface area contributed by atoms with Gasteiger partial charge in [0.15, 0.2) is 0 Å². The van der Waals surface area contributed by atoms with Gasteiger partial charge in [-0.1, -0.05) is 0 Å². The van der Waals surface area contributed by atoms with E-state index in [1.54, 1.807) is 6.07 Å². The number of hydrogen-bond donors (Lipinski definition) is 0. The molecule has 1 aromatic rings. The van der Waals surface area contributed by atoms with E-state index in [4.69, 9.17) is 9.15 Å². The summed E-state index contributed by atoms with van der Waals surface area (Å²) in [6, 6.07) is 1.99. The minimum Gasteiger partial charge on any atom is -0.472 e. The summed E-state index contributed by atoms with van der Waals surface area (Å²) in [5.41, 5.74) is 0.187. The van der Waals surface area contributed by atoms with Gasteiger partial charge < -0.3 is 19.0 Å². The molecular weight excluding hydrogens is 308 g/mol. The lowest BCUT2D eigenvalue weighted by Crippen LogP contribution is -2.55. The van der Waals surface area contributed by atoms with Gasteiger partial charge in [-0.05, 0) is 38.2 Å². The minimum absolute atomic E-state index is 0.0309. The number of furan rings is 1. The number of piperidine rings is 1. The molecule has 3 aliphatic heterocycles. The summed E-state index contributed by atoms with van der Waals surface area (Å²) in [6.07, 6.45) is 7.54. The van der Waals surface area contributed by atoms with Crippen LogP contribution < -0.4 is 0 Å². The van der Waals surface area contributed by atoms with Gasteiger partial charge in [-0.2, -0.15) is 0 Å². The van der Waals surface area contributed by atoms with Crippen molar-refractivity contribution in [3.05, 3.63) is 24.2 Å². The average Bonchev–Trinajstić information content (AvgIpc) is 3.29. The number of hydrogen-bond acceptors (Lipinski definition) is 4. The van der Waals surface area contributed by atoms with Crippen LogP contribution in [0.5, 0.6) is 0 Å². The highest BCUT2D eigenvalue weighted by Gasteiger charge is 2.50. The van der Waals surface area contributed by atoms with Crippen LogP contribution in [0, 0.1) is 5.41 Å². The second-order valence-electron chi connectivity index (χ2n) is 7.21. The summed E-state index contributed by atoms with van der Waals surface area (Å²) in [5.74, 6) is 0.222. The van der Waals surface area contributed by atoms with Crippen molar-refractivity contribution in [1.82, 2.24) is 9.80 Å². The highest BCUT2D eigenvalue weighted by Crippen LogP contribution is 2.41. The lowest BCUT2D eigenvalue weighted by atomic mass is 9.77. The molecule has 0 aromatic carbocycles. The number of likely N-dealkylation sites (tertiary alicyclic amines) is 2. The van der Waals surface area contributed by atoms with Gasteiger partial charge in [0.1, 0.15) is 6.26 Å². The lowest BCUT2D eigenvalue weighted by molar-refractivity contribution is -0.150. The molecule has 0 bridgehead atoms. The number of ether oxygens (including phenoxy) is 1. The first-order valence-electron chi connectivity index (χ1n) is 8.90. The molecule has 130 valence electrons. The number of carbonyl (C=O) groups is 2. The summed E-state index contributed by atoms with van der Waals surface area (Å²) in [4.78, 5) is 29.7. The van der Waals surface area contributed by atoms with Gasteiger partial charge in [-0.15, -0.1) is 0 Å². The lowest BCUT2D eigenvalue weighted by Gasteiger charge is -2.44. The van der Waals surface area contributed by atoms with E-state index in [0.717, 1.165) is 51.9 Å². The van der Waals surface area contributed by atoms with Gasteiger partial charge in [0.2, 0.25) is 5.91 Å². The van der Waals surface area contributed by atoms with Crippen molar-refractivity contribution >= 4 is 11.8 Å². The first kappa shape index (κ1) is 15.7. The van der Waals surface area contributed by atoms with E-state index in [1.165, 1.54) is 12.5 Å². The topological polar surface area (TPSA) is 63.0 Å². The summed E-state index contributed by atoms with van der Waals surface area (Å²) in [7, 11) is 0. The largest absolute Gasteiger partial charge is 0.472 e. The Morgan fingerprint density at radius 3 is 2.79 bits per heavy atom. The van der Waals surface area contributed by atoms with Crippen molar-refractivity contribution in [2.24, 2.45) is 5.41 Å². The summed E-state index contributed by atoms with van der Waals surface area (Å²) in [5, 5.41) is 0. The summed E-state index contributed by atoms with van der Waals surface area (Å²) < 4.78 is 10.4. The van der Waals surface area contributed by atoms with Gasteiger partial charge in [-0.25, -0.2) is 0 Å². The predicted molar refractivity (Wildman–Crippen MR) is 86.4 cm³/mol.